The minimum absolute atomic E-state index is 0.110. The molecule has 2 atom stereocenters. The molecule has 0 saturated carbocycles. The number of ether oxygens (including phenoxy) is 1. The summed E-state index contributed by atoms with van der Waals surface area (Å²) >= 11 is 0. The third kappa shape index (κ3) is 4.29. The van der Waals surface area contributed by atoms with Crippen molar-refractivity contribution in [3.8, 4) is 0 Å². The second kappa shape index (κ2) is 7.92. The lowest BCUT2D eigenvalue weighted by atomic mass is 9.95. The summed E-state index contributed by atoms with van der Waals surface area (Å²) in [5.41, 5.74) is 9.43. The van der Waals surface area contributed by atoms with Crippen LogP contribution in [0.15, 0.2) is 24.3 Å². The molecule has 2 N–H and O–H groups in total. The van der Waals surface area contributed by atoms with E-state index in [1.165, 1.54) is 24.0 Å². The van der Waals surface area contributed by atoms with Crippen LogP contribution in [0.2, 0.25) is 0 Å². The zero-order valence-electron chi connectivity index (χ0n) is 13.7. The summed E-state index contributed by atoms with van der Waals surface area (Å²) in [6.45, 7) is 7.38. The van der Waals surface area contributed by atoms with Crippen molar-refractivity contribution < 1.29 is 4.74 Å². The van der Waals surface area contributed by atoms with E-state index in [9.17, 15) is 0 Å². The molecule has 0 aromatic heterocycles. The van der Waals surface area contributed by atoms with Crippen molar-refractivity contribution >= 4 is 0 Å². The van der Waals surface area contributed by atoms with Crippen LogP contribution in [-0.4, -0.2) is 37.7 Å². The molecule has 0 spiro atoms. The number of hydrogen-bond acceptors (Lipinski definition) is 3. The van der Waals surface area contributed by atoms with Crippen molar-refractivity contribution in [1.82, 2.24) is 4.90 Å². The van der Waals surface area contributed by atoms with Crippen LogP contribution in [-0.2, 0) is 11.2 Å². The van der Waals surface area contributed by atoms with Gasteiger partial charge in [-0.25, -0.2) is 0 Å². The summed E-state index contributed by atoms with van der Waals surface area (Å²) < 4.78 is 5.30. The fourth-order valence-electron chi connectivity index (χ4n) is 3.46. The van der Waals surface area contributed by atoms with E-state index in [1.807, 2.05) is 0 Å². The average Bonchev–Trinajstić information content (AvgIpc) is 2.63. The van der Waals surface area contributed by atoms with Crippen LogP contribution in [0.1, 0.15) is 43.9 Å². The van der Waals surface area contributed by atoms with E-state index >= 15 is 0 Å². The highest BCUT2D eigenvalue weighted by Gasteiger charge is 2.29. The Bertz CT molecular complexity index is 433. The first kappa shape index (κ1) is 16.5. The van der Waals surface area contributed by atoms with E-state index in [-0.39, 0.29) is 6.04 Å². The Balaban J connectivity index is 2.19. The molecule has 0 fully saturated rings. The Hall–Kier alpha value is -0.900. The van der Waals surface area contributed by atoms with Crippen molar-refractivity contribution in [3.63, 3.8) is 0 Å². The fourth-order valence-corrected chi connectivity index (χ4v) is 3.46. The smallest absolute Gasteiger partial charge is 0.0589 e. The van der Waals surface area contributed by atoms with Crippen LogP contribution < -0.4 is 5.73 Å². The lowest BCUT2D eigenvalue weighted by Gasteiger charge is -2.36. The van der Waals surface area contributed by atoms with Gasteiger partial charge in [-0.2, -0.15) is 0 Å². The van der Waals surface area contributed by atoms with Gasteiger partial charge in [0.05, 0.1) is 6.61 Å². The molecule has 0 saturated heterocycles. The summed E-state index contributed by atoms with van der Waals surface area (Å²) in [5.74, 6) is 0.646. The maximum Gasteiger partial charge on any atom is 0.0589 e. The SMILES string of the molecule is COCCN(CC(C)C)C1CCCc2ccccc2C1N. The molecule has 21 heavy (non-hydrogen) atoms. The van der Waals surface area contributed by atoms with Crippen LogP contribution in [0.3, 0.4) is 0 Å². The van der Waals surface area contributed by atoms with E-state index in [4.69, 9.17) is 10.5 Å². The lowest BCUT2D eigenvalue weighted by Crippen LogP contribution is -2.45. The van der Waals surface area contributed by atoms with Gasteiger partial charge in [-0.15, -0.1) is 0 Å². The Labute approximate surface area is 129 Å². The molecule has 1 aliphatic carbocycles. The van der Waals surface area contributed by atoms with Crippen LogP contribution >= 0.6 is 0 Å². The van der Waals surface area contributed by atoms with Crippen LogP contribution in [0.4, 0.5) is 0 Å². The largest absolute Gasteiger partial charge is 0.383 e. The van der Waals surface area contributed by atoms with Gasteiger partial charge in [-0.3, -0.25) is 4.90 Å². The van der Waals surface area contributed by atoms with Crippen molar-refractivity contribution in [1.29, 1.82) is 0 Å². The Morgan fingerprint density at radius 2 is 2.10 bits per heavy atom. The summed E-state index contributed by atoms with van der Waals surface area (Å²) in [5, 5.41) is 0. The number of hydrogen-bond donors (Lipinski definition) is 1. The van der Waals surface area contributed by atoms with E-state index in [0.29, 0.717) is 12.0 Å². The number of methoxy groups -OCH3 is 1. The molecule has 0 bridgehead atoms. The van der Waals surface area contributed by atoms with Crippen molar-refractivity contribution in [2.24, 2.45) is 11.7 Å². The topological polar surface area (TPSA) is 38.5 Å². The van der Waals surface area contributed by atoms with Gasteiger partial charge in [-0.1, -0.05) is 38.1 Å². The summed E-state index contributed by atoms with van der Waals surface area (Å²) in [4.78, 5) is 2.54. The maximum absolute atomic E-state index is 6.66. The van der Waals surface area contributed by atoms with Crippen LogP contribution in [0.25, 0.3) is 0 Å². The van der Waals surface area contributed by atoms with Crippen LogP contribution in [0, 0.1) is 5.92 Å². The molecule has 1 aliphatic rings. The van der Waals surface area contributed by atoms with Crippen LogP contribution in [0.5, 0.6) is 0 Å². The normalized spacial score (nSPS) is 22.4. The standard InChI is InChI=1S/C18H30N2O/c1-14(2)13-20(11-12-21-3)17-10-6-8-15-7-4-5-9-16(15)18(17)19/h4-5,7,9,14,17-18H,6,8,10-13,19H2,1-3H3. The quantitative estimate of drug-likeness (QED) is 0.819. The van der Waals surface area contributed by atoms with Gasteiger partial charge >= 0.3 is 0 Å². The molecule has 0 amide bonds. The Morgan fingerprint density at radius 1 is 1.33 bits per heavy atom. The monoisotopic (exact) mass is 290 g/mol. The fraction of sp³-hybridized carbons (Fsp3) is 0.667. The predicted molar refractivity (Wildman–Crippen MR) is 88.4 cm³/mol. The summed E-state index contributed by atoms with van der Waals surface area (Å²) in [6.07, 6.45) is 3.55. The summed E-state index contributed by atoms with van der Waals surface area (Å²) in [7, 11) is 1.77. The van der Waals surface area contributed by atoms with E-state index in [0.717, 1.165) is 26.1 Å². The molecule has 1 aromatic rings. The number of rotatable bonds is 6. The molecule has 3 heteroatoms. The second-order valence-electron chi connectivity index (χ2n) is 6.57. The lowest BCUT2D eigenvalue weighted by molar-refractivity contribution is 0.0946. The van der Waals surface area contributed by atoms with Gasteiger partial charge in [0, 0.05) is 32.3 Å². The molecular weight excluding hydrogens is 260 g/mol. The zero-order chi connectivity index (χ0) is 15.2. The predicted octanol–water partition coefficient (Wildman–Crippen LogP) is 3.00. The average molecular weight is 290 g/mol. The van der Waals surface area contributed by atoms with Crippen molar-refractivity contribution in [3.05, 3.63) is 35.4 Å². The molecule has 2 unspecified atom stereocenters. The first-order valence-electron chi connectivity index (χ1n) is 8.20. The number of benzene rings is 1. The third-order valence-electron chi connectivity index (χ3n) is 4.43. The number of nitrogens with two attached hydrogens (primary N) is 1. The van der Waals surface area contributed by atoms with Gasteiger partial charge in [0.25, 0.3) is 0 Å². The molecular formula is C18H30N2O. The molecule has 1 aromatic carbocycles. The zero-order valence-corrected chi connectivity index (χ0v) is 13.7. The van der Waals surface area contributed by atoms with Crippen molar-refractivity contribution in [2.45, 2.75) is 45.2 Å². The maximum atomic E-state index is 6.66. The number of aryl methyl sites for hydroxylation is 1. The highest BCUT2D eigenvalue weighted by molar-refractivity contribution is 5.32. The molecule has 0 radical (unpaired) electrons. The Kier molecular flexibility index (Phi) is 6.22. The van der Waals surface area contributed by atoms with Crippen molar-refractivity contribution in [2.75, 3.05) is 26.8 Å². The molecule has 0 heterocycles. The van der Waals surface area contributed by atoms with Gasteiger partial charge in [0.15, 0.2) is 0 Å². The molecule has 118 valence electrons. The molecule has 0 aliphatic heterocycles. The number of fused-ring (bicyclic) bond motifs is 1. The highest BCUT2D eigenvalue weighted by atomic mass is 16.5. The van der Waals surface area contributed by atoms with Gasteiger partial charge in [-0.05, 0) is 36.3 Å². The van der Waals surface area contributed by atoms with Gasteiger partial charge in [0.2, 0.25) is 0 Å². The number of nitrogens with zero attached hydrogens (tertiary/aromatic N) is 1. The van der Waals surface area contributed by atoms with Gasteiger partial charge in [0.1, 0.15) is 0 Å². The minimum Gasteiger partial charge on any atom is -0.383 e. The first-order valence-corrected chi connectivity index (χ1v) is 8.20. The van der Waals surface area contributed by atoms with E-state index < -0.39 is 0 Å². The molecule has 2 rings (SSSR count). The summed E-state index contributed by atoms with van der Waals surface area (Å²) in [6, 6.07) is 9.22. The Morgan fingerprint density at radius 3 is 2.81 bits per heavy atom. The highest BCUT2D eigenvalue weighted by Crippen LogP contribution is 2.30. The van der Waals surface area contributed by atoms with E-state index in [1.54, 1.807) is 7.11 Å². The molecule has 3 nitrogen and oxygen atoms in total. The minimum atomic E-state index is 0.110. The first-order chi connectivity index (χ1) is 10.1. The van der Waals surface area contributed by atoms with Gasteiger partial charge < -0.3 is 10.5 Å². The third-order valence-corrected chi connectivity index (χ3v) is 4.43. The van der Waals surface area contributed by atoms with E-state index in [2.05, 4.69) is 43.0 Å². The second-order valence-corrected chi connectivity index (χ2v) is 6.57.